The SMILES string of the molecule is CCCCCCCNCC(O)C(O)[C@H](O)C(O)CO[C@H]1OC(COC)[C@@H](O)C(O)C1O. The monoisotopic (exact) mass is 455 g/mol. The minimum Gasteiger partial charge on any atom is -0.389 e. The molecule has 1 saturated heterocycles. The van der Waals surface area contributed by atoms with E-state index < -0.39 is 61.7 Å². The maximum absolute atomic E-state index is 10.1. The molecule has 0 aromatic heterocycles. The van der Waals surface area contributed by atoms with Gasteiger partial charge in [0.2, 0.25) is 0 Å². The summed E-state index contributed by atoms with van der Waals surface area (Å²) in [5, 5.41) is 73.1. The third-order valence-corrected chi connectivity index (χ3v) is 5.38. The fraction of sp³-hybridized carbons (Fsp3) is 1.00. The van der Waals surface area contributed by atoms with E-state index >= 15 is 0 Å². The summed E-state index contributed by atoms with van der Waals surface area (Å²) in [5.41, 5.74) is 0. The largest absolute Gasteiger partial charge is 0.389 e. The molecule has 0 spiro atoms. The van der Waals surface area contributed by atoms with Crippen LogP contribution in [0.5, 0.6) is 0 Å². The zero-order valence-corrected chi connectivity index (χ0v) is 18.4. The second kappa shape index (κ2) is 15.4. The summed E-state index contributed by atoms with van der Waals surface area (Å²) < 4.78 is 15.5. The molecule has 0 radical (unpaired) electrons. The number of aliphatic hydroxyl groups is 7. The predicted octanol–water partition coefficient (Wildman–Crippen LogP) is -2.54. The molecule has 1 rings (SSSR count). The summed E-state index contributed by atoms with van der Waals surface area (Å²) in [7, 11) is 1.37. The molecule has 0 amide bonds. The van der Waals surface area contributed by atoms with Crippen molar-refractivity contribution in [1.82, 2.24) is 5.32 Å². The van der Waals surface area contributed by atoms with Crippen LogP contribution in [0.15, 0.2) is 0 Å². The van der Waals surface area contributed by atoms with Gasteiger partial charge < -0.3 is 55.3 Å². The molecule has 0 saturated carbocycles. The van der Waals surface area contributed by atoms with Crippen LogP contribution in [0.2, 0.25) is 0 Å². The molecule has 6 unspecified atom stereocenters. The Bertz CT molecular complexity index is 460. The number of nitrogens with one attached hydrogen (secondary N) is 1. The maximum Gasteiger partial charge on any atom is 0.186 e. The van der Waals surface area contributed by atoms with Crippen molar-refractivity contribution in [2.24, 2.45) is 0 Å². The Morgan fingerprint density at radius 2 is 1.52 bits per heavy atom. The van der Waals surface area contributed by atoms with Crippen LogP contribution >= 0.6 is 0 Å². The number of unbranched alkanes of at least 4 members (excludes halogenated alkanes) is 4. The Labute approximate surface area is 183 Å². The topological polar surface area (TPSA) is 181 Å². The lowest BCUT2D eigenvalue weighted by Gasteiger charge is -2.40. The van der Waals surface area contributed by atoms with E-state index in [-0.39, 0.29) is 13.2 Å². The summed E-state index contributed by atoms with van der Waals surface area (Å²) in [6, 6.07) is 0. The Morgan fingerprint density at radius 3 is 2.16 bits per heavy atom. The van der Waals surface area contributed by atoms with Crippen LogP contribution in [-0.4, -0.2) is 124 Å². The molecule has 0 aromatic rings. The maximum atomic E-state index is 10.1. The molecule has 186 valence electrons. The Kier molecular flexibility index (Phi) is 14.2. The second-order valence-electron chi connectivity index (χ2n) is 8.04. The molecule has 9 atom stereocenters. The van der Waals surface area contributed by atoms with Crippen LogP contribution in [0.1, 0.15) is 39.0 Å². The van der Waals surface area contributed by atoms with Gasteiger partial charge >= 0.3 is 0 Å². The minimum atomic E-state index is -1.72. The highest BCUT2D eigenvalue weighted by Gasteiger charge is 2.44. The average molecular weight is 456 g/mol. The highest BCUT2D eigenvalue weighted by Crippen LogP contribution is 2.22. The first-order valence-electron chi connectivity index (χ1n) is 11.0. The molecule has 1 aliphatic heterocycles. The summed E-state index contributed by atoms with van der Waals surface area (Å²) in [6.45, 7) is 2.24. The first-order valence-corrected chi connectivity index (χ1v) is 11.0. The van der Waals surface area contributed by atoms with Crippen molar-refractivity contribution < 1.29 is 50.0 Å². The van der Waals surface area contributed by atoms with Gasteiger partial charge in [-0.2, -0.15) is 0 Å². The van der Waals surface area contributed by atoms with Gasteiger partial charge in [-0.05, 0) is 13.0 Å². The van der Waals surface area contributed by atoms with E-state index in [0.717, 1.165) is 25.7 Å². The van der Waals surface area contributed by atoms with Gasteiger partial charge in [-0.15, -0.1) is 0 Å². The van der Waals surface area contributed by atoms with Crippen molar-refractivity contribution in [3.8, 4) is 0 Å². The molecule has 8 N–H and O–H groups in total. The van der Waals surface area contributed by atoms with Crippen molar-refractivity contribution in [2.75, 3.05) is 33.4 Å². The summed E-state index contributed by atoms with van der Waals surface area (Å²) >= 11 is 0. The fourth-order valence-electron chi connectivity index (χ4n) is 3.33. The molecule has 1 aliphatic rings. The highest BCUT2D eigenvalue weighted by molar-refractivity contribution is 4.89. The molecule has 0 aromatic carbocycles. The van der Waals surface area contributed by atoms with Crippen LogP contribution in [0.4, 0.5) is 0 Å². The van der Waals surface area contributed by atoms with Crippen molar-refractivity contribution in [1.29, 1.82) is 0 Å². The summed E-state index contributed by atoms with van der Waals surface area (Å²) in [4.78, 5) is 0. The fourth-order valence-corrected chi connectivity index (χ4v) is 3.33. The lowest BCUT2D eigenvalue weighted by molar-refractivity contribution is -0.307. The van der Waals surface area contributed by atoms with Crippen molar-refractivity contribution in [3.63, 3.8) is 0 Å². The third kappa shape index (κ3) is 9.52. The quantitative estimate of drug-likeness (QED) is 0.115. The smallest absolute Gasteiger partial charge is 0.186 e. The van der Waals surface area contributed by atoms with Crippen LogP contribution in [0, 0.1) is 0 Å². The summed E-state index contributed by atoms with van der Waals surface area (Å²) in [5.74, 6) is 0. The predicted molar refractivity (Wildman–Crippen MR) is 110 cm³/mol. The lowest BCUT2D eigenvalue weighted by Crippen LogP contribution is -2.59. The van der Waals surface area contributed by atoms with Gasteiger partial charge in [0.1, 0.15) is 42.7 Å². The number of aliphatic hydroxyl groups excluding tert-OH is 7. The molecular formula is C20H41NO10. The van der Waals surface area contributed by atoms with Crippen molar-refractivity contribution in [2.45, 2.75) is 94.1 Å². The first-order chi connectivity index (χ1) is 14.7. The van der Waals surface area contributed by atoms with E-state index in [1.54, 1.807) is 0 Å². The normalized spacial score (nSPS) is 30.7. The van der Waals surface area contributed by atoms with E-state index in [9.17, 15) is 35.7 Å². The van der Waals surface area contributed by atoms with Crippen molar-refractivity contribution in [3.05, 3.63) is 0 Å². The number of rotatable bonds is 16. The van der Waals surface area contributed by atoms with Gasteiger partial charge in [0.25, 0.3) is 0 Å². The number of methoxy groups -OCH3 is 1. The molecule has 11 nitrogen and oxygen atoms in total. The van der Waals surface area contributed by atoms with Gasteiger partial charge in [0.15, 0.2) is 6.29 Å². The molecule has 0 bridgehead atoms. The highest BCUT2D eigenvalue weighted by atomic mass is 16.7. The van der Waals surface area contributed by atoms with E-state index in [1.807, 2.05) is 0 Å². The van der Waals surface area contributed by atoms with E-state index in [2.05, 4.69) is 12.2 Å². The van der Waals surface area contributed by atoms with Crippen LogP contribution in [0.25, 0.3) is 0 Å². The van der Waals surface area contributed by atoms with E-state index in [4.69, 9.17) is 14.2 Å². The number of hydrogen-bond acceptors (Lipinski definition) is 11. The molecule has 0 aliphatic carbocycles. The Hall–Kier alpha value is -0.440. The van der Waals surface area contributed by atoms with Crippen molar-refractivity contribution >= 4 is 0 Å². The molecule has 31 heavy (non-hydrogen) atoms. The molecular weight excluding hydrogens is 414 g/mol. The van der Waals surface area contributed by atoms with Crippen LogP contribution < -0.4 is 5.32 Å². The van der Waals surface area contributed by atoms with Gasteiger partial charge in [0.05, 0.1) is 19.3 Å². The number of hydrogen-bond donors (Lipinski definition) is 8. The van der Waals surface area contributed by atoms with E-state index in [1.165, 1.54) is 13.5 Å². The number of ether oxygens (including phenoxy) is 3. The second-order valence-corrected chi connectivity index (χ2v) is 8.04. The van der Waals surface area contributed by atoms with Crippen LogP contribution in [-0.2, 0) is 14.2 Å². The van der Waals surface area contributed by atoms with Crippen LogP contribution in [0.3, 0.4) is 0 Å². The van der Waals surface area contributed by atoms with Gasteiger partial charge in [-0.1, -0.05) is 32.6 Å². The minimum absolute atomic E-state index is 0.0484. The van der Waals surface area contributed by atoms with Gasteiger partial charge in [0, 0.05) is 13.7 Å². The Morgan fingerprint density at radius 1 is 0.871 bits per heavy atom. The first kappa shape index (κ1) is 28.6. The van der Waals surface area contributed by atoms with Gasteiger partial charge in [-0.3, -0.25) is 0 Å². The van der Waals surface area contributed by atoms with Gasteiger partial charge in [-0.25, -0.2) is 0 Å². The van der Waals surface area contributed by atoms with E-state index in [0.29, 0.717) is 6.54 Å². The standard InChI is InChI=1S/C20H41NO10/c1-3-4-5-6-7-8-21-9-12(22)15(24)16(25)13(23)10-30-20-19(28)18(27)17(26)14(31-20)11-29-2/h12-28H,3-11H2,1-2H3/t12?,13?,14?,15?,16-,17-,18?,19?,20+/m1/s1. The molecule has 1 heterocycles. The zero-order valence-electron chi connectivity index (χ0n) is 18.4. The third-order valence-electron chi connectivity index (χ3n) is 5.38. The summed E-state index contributed by atoms with van der Waals surface area (Å²) in [6.07, 6.45) is -7.63. The molecule has 11 heteroatoms. The lowest BCUT2D eigenvalue weighted by atomic mass is 9.99. The Balaban J connectivity index is 2.38. The molecule has 1 fully saturated rings. The average Bonchev–Trinajstić information content (AvgIpc) is 2.76. The zero-order chi connectivity index (χ0) is 23.4.